The van der Waals surface area contributed by atoms with Crippen molar-refractivity contribution in [3.05, 3.63) is 77.5 Å². The Kier molecular flexibility index (Phi) is 3.43. The van der Waals surface area contributed by atoms with Gasteiger partial charge in [-0.1, -0.05) is 60.7 Å². The summed E-state index contributed by atoms with van der Waals surface area (Å²) < 4.78 is 0.853. The molecule has 0 aliphatic rings. The maximum Gasteiger partial charge on any atom is 0.106 e. The van der Waals surface area contributed by atoms with Crippen LogP contribution in [0.4, 0.5) is 0 Å². The zero-order chi connectivity index (χ0) is 13.1. The molecule has 0 N–H and O–H groups in total. The molecule has 0 bridgehead atoms. The molecular formula is C17H12BrN. The van der Waals surface area contributed by atoms with Crippen LogP contribution >= 0.6 is 15.9 Å². The van der Waals surface area contributed by atoms with Crippen LogP contribution in [0.3, 0.4) is 0 Å². The van der Waals surface area contributed by atoms with Crippen LogP contribution in [-0.4, -0.2) is 4.98 Å². The van der Waals surface area contributed by atoms with Crippen molar-refractivity contribution >= 4 is 15.9 Å². The van der Waals surface area contributed by atoms with Gasteiger partial charge in [0.2, 0.25) is 0 Å². The van der Waals surface area contributed by atoms with Crippen molar-refractivity contribution in [2.45, 2.75) is 0 Å². The van der Waals surface area contributed by atoms with E-state index in [4.69, 9.17) is 0 Å². The van der Waals surface area contributed by atoms with Gasteiger partial charge in [0.1, 0.15) is 4.60 Å². The Labute approximate surface area is 121 Å². The first kappa shape index (κ1) is 12.1. The second-order valence-corrected chi connectivity index (χ2v) is 5.10. The van der Waals surface area contributed by atoms with E-state index in [9.17, 15) is 0 Å². The zero-order valence-electron chi connectivity index (χ0n) is 10.3. The maximum absolute atomic E-state index is 4.36. The van der Waals surface area contributed by atoms with Gasteiger partial charge < -0.3 is 0 Å². The predicted octanol–water partition coefficient (Wildman–Crippen LogP) is 5.18. The van der Waals surface area contributed by atoms with Gasteiger partial charge in [0.05, 0.1) is 0 Å². The van der Waals surface area contributed by atoms with Crippen molar-refractivity contribution in [3.63, 3.8) is 0 Å². The molecule has 3 rings (SSSR count). The van der Waals surface area contributed by atoms with Crippen LogP contribution in [0.25, 0.3) is 22.3 Å². The van der Waals surface area contributed by atoms with E-state index in [1.54, 1.807) is 0 Å². The van der Waals surface area contributed by atoms with Gasteiger partial charge in [0.15, 0.2) is 0 Å². The third-order valence-electron chi connectivity index (χ3n) is 3.04. The lowest BCUT2D eigenvalue weighted by Gasteiger charge is -2.10. The molecular weight excluding hydrogens is 298 g/mol. The molecule has 0 amide bonds. The van der Waals surface area contributed by atoms with Gasteiger partial charge in [0, 0.05) is 11.8 Å². The standard InChI is InChI=1S/C17H12BrN/c18-17-11-15(13-7-3-1-4-8-13)16(12-19-17)14-9-5-2-6-10-14/h1-12H. The molecule has 19 heavy (non-hydrogen) atoms. The van der Waals surface area contributed by atoms with E-state index in [-0.39, 0.29) is 0 Å². The monoisotopic (exact) mass is 309 g/mol. The molecule has 0 aliphatic carbocycles. The van der Waals surface area contributed by atoms with Crippen molar-refractivity contribution in [3.8, 4) is 22.3 Å². The minimum atomic E-state index is 0.853. The Morgan fingerprint density at radius 3 is 1.79 bits per heavy atom. The number of hydrogen-bond acceptors (Lipinski definition) is 1. The number of halogens is 1. The van der Waals surface area contributed by atoms with Crippen LogP contribution in [0.2, 0.25) is 0 Å². The van der Waals surface area contributed by atoms with E-state index >= 15 is 0 Å². The molecule has 92 valence electrons. The number of aromatic nitrogens is 1. The lowest BCUT2D eigenvalue weighted by Crippen LogP contribution is -1.87. The minimum Gasteiger partial charge on any atom is -0.249 e. The summed E-state index contributed by atoms with van der Waals surface area (Å²) >= 11 is 3.46. The van der Waals surface area contributed by atoms with Crippen LogP contribution in [0.1, 0.15) is 0 Å². The molecule has 1 nitrogen and oxygen atoms in total. The van der Waals surface area contributed by atoms with Crippen LogP contribution < -0.4 is 0 Å². The fraction of sp³-hybridized carbons (Fsp3) is 0. The summed E-state index contributed by atoms with van der Waals surface area (Å²) in [4.78, 5) is 4.36. The van der Waals surface area contributed by atoms with E-state index in [0.717, 1.165) is 10.2 Å². The average Bonchev–Trinajstić information content (AvgIpc) is 2.49. The SMILES string of the molecule is Brc1cc(-c2ccccc2)c(-c2ccccc2)cn1. The highest BCUT2D eigenvalue weighted by Gasteiger charge is 2.08. The van der Waals surface area contributed by atoms with Crippen LogP contribution in [-0.2, 0) is 0 Å². The zero-order valence-corrected chi connectivity index (χ0v) is 11.8. The Balaban J connectivity index is 2.21. The molecule has 1 heterocycles. The molecule has 0 atom stereocenters. The van der Waals surface area contributed by atoms with Crippen molar-refractivity contribution < 1.29 is 0 Å². The molecule has 0 spiro atoms. The Bertz CT molecular complexity index is 678. The minimum absolute atomic E-state index is 0.853. The Hall–Kier alpha value is -1.93. The summed E-state index contributed by atoms with van der Waals surface area (Å²) in [6, 6.07) is 22.8. The second-order valence-electron chi connectivity index (χ2n) is 4.28. The van der Waals surface area contributed by atoms with Gasteiger partial charge in [-0.3, -0.25) is 0 Å². The van der Waals surface area contributed by atoms with Crippen LogP contribution in [0.5, 0.6) is 0 Å². The van der Waals surface area contributed by atoms with Crippen molar-refractivity contribution in [1.29, 1.82) is 0 Å². The lowest BCUT2D eigenvalue weighted by molar-refractivity contribution is 1.28. The quantitative estimate of drug-likeness (QED) is 0.594. The Morgan fingerprint density at radius 1 is 0.684 bits per heavy atom. The molecule has 1 aromatic heterocycles. The second kappa shape index (κ2) is 5.37. The van der Waals surface area contributed by atoms with Crippen LogP contribution in [0.15, 0.2) is 77.5 Å². The third-order valence-corrected chi connectivity index (χ3v) is 3.47. The molecule has 0 saturated heterocycles. The topological polar surface area (TPSA) is 12.9 Å². The number of hydrogen-bond donors (Lipinski definition) is 0. The number of benzene rings is 2. The van der Waals surface area contributed by atoms with E-state index in [0.29, 0.717) is 0 Å². The van der Waals surface area contributed by atoms with E-state index in [2.05, 4.69) is 63.4 Å². The van der Waals surface area contributed by atoms with Gasteiger partial charge in [-0.25, -0.2) is 4.98 Å². The highest BCUT2D eigenvalue weighted by atomic mass is 79.9. The predicted molar refractivity (Wildman–Crippen MR) is 82.8 cm³/mol. The fourth-order valence-corrected chi connectivity index (χ4v) is 2.47. The molecule has 2 aromatic carbocycles. The largest absolute Gasteiger partial charge is 0.249 e. The molecule has 0 fully saturated rings. The van der Waals surface area contributed by atoms with Gasteiger partial charge in [-0.15, -0.1) is 0 Å². The number of pyridine rings is 1. The van der Waals surface area contributed by atoms with Gasteiger partial charge in [-0.2, -0.15) is 0 Å². The molecule has 2 heteroatoms. The molecule has 0 saturated carbocycles. The summed E-state index contributed by atoms with van der Waals surface area (Å²) in [5.41, 5.74) is 4.72. The van der Waals surface area contributed by atoms with Gasteiger partial charge >= 0.3 is 0 Å². The summed E-state index contributed by atoms with van der Waals surface area (Å²) in [6.45, 7) is 0. The number of rotatable bonds is 2. The molecule has 0 aliphatic heterocycles. The first-order valence-corrected chi connectivity index (χ1v) is 6.90. The first-order valence-electron chi connectivity index (χ1n) is 6.11. The Morgan fingerprint density at radius 2 is 1.21 bits per heavy atom. The van der Waals surface area contributed by atoms with Crippen molar-refractivity contribution in [2.75, 3.05) is 0 Å². The first-order chi connectivity index (χ1) is 9.34. The summed E-state index contributed by atoms with van der Waals surface area (Å²) in [6.07, 6.45) is 1.92. The average molecular weight is 310 g/mol. The molecule has 3 aromatic rings. The van der Waals surface area contributed by atoms with E-state index in [1.165, 1.54) is 16.7 Å². The van der Waals surface area contributed by atoms with Gasteiger partial charge in [-0.05, 0) is 38.7 Å². The fourth-order valence-electron chi connectivity index (χ4n) is 2.13. The van der Waals surface area contributed by atoms with E-state index < -0.39 is 0 Å². The van der Waals surface area contributed by atoms with Gasteiger partial charge in [0.25, 0.3) is 0 Å². The highest BCUT2D eigenvalue weighted by Crippen LogP contribution is 2.32. The highest BCUT2D eigenvalue weighted by molar-refractivity contribution is 9.10. The molecule has 0 radical (unpaired) electrons. The summed E-state index contributed by atoms with van der Waals surface area (Å²) in [7, 11) is 0. The van der Waals surface area contributed by atoms with Crippen molar-refractivity contribution in [1.82, 2.24) is 4.98 Å². The number of nitrogens with zero attached hydrogens (tertiary/aromatic N) is 1. The maximum atomic E-state index is 4.36. The summed E-state index contributed by atoms with van der Waals surface area (Å²) in [5, 5.41) is 0. The van der Waals surface area contributed by atoms with E-state index in [1.807, 2.05) is 30.5 Å². The normalized spacial score (nSPS) is 10.4. The lowest BCUT2D eigenvalue weighted by atomic mass is 9.97. The summed E-state index contributed by atoms with van der Waals surface area (Å²) in [5.74, 6) is 0. The smallest absolute Gasteiger partial charge is 0.106 e. The third kappa shape index (κ3) is 2.59. The molecule has 0 unspecified atom stereocenters. The van der Waals surface area contributed by atoms with Crippen LogP contribution in [0, 0.1) is 0 Å². The van der Waals surface area contributed by atoms with Crippen molar-refractivity contribution in [2.24, 2.45) is 0 Å².